The molecule has 6 unspecified atom stereocenters. The molecular formula is C34H57F3O6Si3. The van der Waals surface area contributed by atoms with E-state index in [1.54, 1.807) is 0 Å². The Hall–Kier alpha value is -1.77. The molecular weight excluding hydrogens is 646 g/mol. The standard InChI is InChI=1S/C34H57F3O6Si3/c1-31(2,3)44(10)41-25(17-18-39-23-16-14-15-22(19-23)34(35,36)37)30(42-45(11)32(4,5)6)29-24-20-28(38)40-27(29)21-26(24)43-46(12,13)33(7,8)9/h14-16,19,24,26-27,29,44-45H,17-18,20-21H2,1-13H3/b30-25+. The van der Waals surface area contributed by atoms with Crippen LogP contribution in [0, 0.1) is 11.8 Å². The van der Waals surface area contributed by atoms with E-state index < -0.39 is 44.2 Å². The molecule has 1 aromatic carbocycles. The summed E-state index contributed by atoms with van der Waals surface area (Å²) in [7, 11) is -5.91. The van der Waals surface area contributed by atoms with Gasteiger partial charge in [0, 0.05) is 18.8 Å². The van der Waals surface area contributed by atoms with Gasteiger partial charge in [-0.25, -0.2) is 0 Å². The maximum absolute atomic E-state index is 13.4. The molecule has 0 aromatic heterocycles. The van der Waals surface area contributed by atoms with Crippen LogP contribution >= 0.6 is 0 Å². The lowest BCUT2D eigenvalue weighted by Gasteiger charge is -2.41. The highest BCUT2D eigenvalue weighted by atomic mass is 28.4. The first-order valence-electron chi connectivity index (χ1n) is 16.5. The molecule has 1 aromatic rings. The second kappa shape index (κ2) is 14.0. The third-order valence-corrected chi connectivity index (χ3v) is 20.8. The molecule has 0 N–H and O–H groups in total. The van der Waals surface area contributed by atoms with Crippen LogP contribution < -0.4 is 4.74 Å². The van der Waals surface area contributed by atoms with Crippen molar-refractivity contribution in [3.63, 3.8) is 0 Å². The highest BCUT2D eigenvalue weighted by molar-refractivity contribution is 6.74. The van der Waals surface area contributed by atoms with Crippen LogP contribution in [0.3, 0.4) is 0 Å². The highest BCUT2D eigenvalue weighted by Crippen LogP contribution is 2.51. The summed E-state index contributed by atoms with van der Waals surface area (Å²) in [6, 6.07) is 4.93. The largest absolute Gasteiger partial charge is 0.547 e. The summed E-state index contributed by atoms with van der Waals surface area (Å²) >= 11 is 0. The average molecular weight is 703 g/mol. The molecule has 2 aliphatic rings. The van der Waals surface area contributed by atoms with E-state index in [2.05, 4.69) is 88.5 Å². The number of alkyl halides is 3. The number of esters is 1. The molecule has 6 nitrogen and oxygen atoms in total. The van der Waals surface area contributed by atoms with Crippen LogP contribution in [0.2, 0.25) is 41.3 Å². The van der Waals surface area contributed by atoms with E-state index in [0.29, 0.717) is 24.4 Å². The number of carbonyl (C=O) groups excluding carboxylic acids is 1. The molecule has 12 heteroatoms. The minimum atomic E-state index is -4.46. The van der Waals surface area contributed by atoms with Crippen LogP contribution in [0.5, 0.6) is 5.75 Å². The van der Waals surface area contributed by atoms with Crippen LogP contribution in [0.1, 0.15) is 87.1 Å². The van der Waals surface area contributed by atoms with Crippen molar-refractivity contribution < 1.29 is 40.7 Å². The summed E-state index contributed by atoms with van der Waals surface area (Å²) < 4.78 is 72.9. The van der Waals surface area contributed by atoms with Gasteiger partial charge in [-0.1, -0.05) is 68.4 Å². The number of halogens is 3. The highest BCUT2D eigenvalue weighted by Gasteiger charge is 2.56. The third kappa shape index (κ3) is 9.65. The lowest BCUT2D eigenvalue weighted by Crippen LogP contribution is -2.46. The molecule has 0 radical (unpaired) electrons. The van der Waals surface area contributed by atoms with Gasteiger partial charge < -0.3 is 22.8 Å². The summed E-state index contributed by atoms with van der Waals surface area (Å²) in [5.74, 6) is 0.927. The van der Waals surface area contributed by atoms with E-state index in [-0.39, 0.29) is 57.8 Å². The van der Waals surface area contributed by atoms with Crippen molar-refractivity contribution in [2.45, 2.75) is 141 Å². The lowest BCUT2D eigenvalue weighted by atomic mass is 9.86. The van der Waals surface area contributed by atoms with E-state index in [4.69, 9.17) is 22.8 Å². The fourth-order valence-electron chi connectivity index (χ4n) is 5.25. The van der Waals surface area contributed by atoms with E-state index in [9.17, 15) is 18.0 Å². The van der Waals surface area contributed by atoms with Gasteiger partial charge in [0.25, 0.3) is 0 Å². The SMILES string of the molecule is C[SiH](O/C(CCOc1cccc(C(F)(F)F)c1)=C(/O[SiH](C)C(C)(C)C)C1C2CC(O[Si](C)(C)C(C)(C)C)C1CC(=O)O2)C(C)(C)C. The Morgan fingerprint density at radius 1 is 0.957 bits per heavy atom. The van der Waals surface area contributed by atoms with Gasteiger partial charge in [-0.05, 0) is 59.5 Å². The van der Waals surface area contributed by atoms with Gasteiger partial charge >= 0.3 is 12.1 Å². The zero-order valence-electron chi connectivity index (χ0n) is 30.2. The predicted molar refractivity (Wildman–Crippen MR) is 184 cm³/mol. The van der Waals surface area contributed by atoms with Crippen molar-refractivity contribution in [3.05, 3.63) is 41.3 Å². The van der Waals surface area contributed by atoms with Gasteiger partial charge in [0.2, 0.25) is 18.1 Å². The van der Waals surface area contributed by atoms with Crippen molar-refractivity contribution >= 4 is 32.4 Å². The molecule has 0 amide bonds. The van der Waals surface area contributed by atoms with Gasteiger partial charge in [0.15, 0.2) is 8.32 Å². The minimum Gasteiger partial charge on any atom is -0.547 e. The summed E-state index contributed by atoms with van der Waals surface area (Å²) in [6.07, 6.45) is -3.90. The number of hydrogen-bond donors (Lipinski definition) is 0. The average Bonchev–Trinajstić information content (AvgIpc) is 3.09. The van der Waals surface area contributed by atoms with Gasteiger partial charge in [-0.3, -0.25) is 4.79 Å². The third-order valence-electron chi connectivity index (χ3n) is 10.1. The smallest absolute Gasteiger partial charge is 0.416 e. The normalized spacial score (nSPS) is 24.6. The quantitative estimate of drug-likeness (QED) is 0.130. The number of carbonyl (C=O) groups is 1. The summed E-state index contributed by atoms with van der Waals surface area (Å²) in [6.45, 7) is 28.5. The van der Waals surface area contributed by atoms with Crippen molar-refractivity contribution in [3.8, 4) is 5.75 Å². The Bertz CT molecular complexity index is 1250. The number of hydrogen-bond acceptors (Lipinski definition) is 6. The molecule has 2 fully saturated rings. The van der Waals surface area contributed by atoms with E-state index in [1.165, 1.54) is 12.1 Å². The summed E-state index contributed by atoms with van der Waals surface area (Å²) in [5.41, 5.74) is -0.756. The van der Waals surface area contributed by atoms with Crippen molar-refractivity contribution in [2.24, 2.45) is 11.8 Å². The molecule has 1 aliphatic carbocycles. The second-order valence-electron chi connectivity index (χ2n) is 16.7. The minimum absolute atomic E-state index is 0.00431. The molecule has 2 bridgehead atoms. The zero-order chi connectivity index (χ0) is 35.0. The number of ether oxygens (including phenoxy) is 2. The maximum Gasteiger partial charge on any atom is 0.416 e. The first-order chi connectivity index (χ1) is 20.8. The second-order valence-corrected chi connectivity index (χ2v) is 28.0. The van der Waals surface area contributed by atoms with Gasteiger partial charge in [0.05, 0.1) is 30.6 Å². The van der Waals surface area contributed by atoms with Gasteiger partial charge in [-0.2, -0.15) is 13.2 Å². The number of benzene rings is 1. The topological polar surface area (TPSA) is 63.2 Å². The fraction of sp³-hybridized carbons (Fsp3) is 0.735. The first kappa shape index (κ1) is 38.7. The summed E-state index contributed by atoms with van der Waals surface area (Å²) in [4.78, 5) is 12.8. The van der Waals surface area contributed by atoms with Crippen LogP contribution in [-0.2, 0) is 29.0 Å². The molecule has 0 spiro atoms. The first-order valence-corrected chi connectivity index (χ1v) is 23.9. The van der Waals surface area contributed by atoms with Crippen molar-refractivity contribution in [1.29, 1.82) is 0 Å². The van der Waals surface area contributed by atoms with Gasteiger partial charge in [0.1, 0.15) is 23.4 Å². The molecule has 262 valence electrons. The van der Waals surface area contributed by atoms with Crippen LogP contribution in [0.15, 0.2) is 35.8 Å². The number of rotatable bonds is 11. The van der Waals surface area contributed by atoms with Gasteiger partial charge in [-0.15, -0.1) is 0 Å². The molecule has 1 saturated heterocycles. The summed E-state index contributed by atoms with van der Waals surface area (Å²) in [5, 5.41) is -0.146. The molecule has 1 heterocycles. The Labute approximate surface area is 279 Å². The number of fused-ring (bicyclic) bond motifs is 2. The molecule has 46 heavy (non-hydrogen) atoms. The molecule has 1 aliphatic heterocycles. The molecule has 1 saturated carbocycles. The Balaban J connectivity index is 2.08. The zero-order valence-corrected chi connectivity index (χ0v) is 33.5. The van der Waals surface area contributed by atoms with Crippen LogP contribution in [0.25, 0.3) is 0 Å². The maximum atomic E-state index is 13.4. The Morgan fingerprint density at radius 2 is 1.54 bits per heavy atom. The fourth-order valence-corrected chi connectivity index (χ4v) is 8.67. The lowest BCUT2D eigenvalue weighted by molar-refractivity contribution is -0.157. The van der Waals surface area contributed by atoms with Crippen molar-refractivity contribution in [2.75, 3.05) is 6.61 Å². The van der Waals surface area contributed by atoms with Crippen LogP contribution in [0.4, 0.5) is 13.2 Å². The predicted octanol–water partition coefficient (Wildman–Crippen LogP) is 9.37. The van der Waals surface area contributed by atoms with Crippen molar-refractivity contribution in [1.82, 2.24) is 0 Å². The monoisotopic (exact) mass is 702 g/mol. The molecule has 3 rings (SSSR count). The van der Waals surface area contributed by atoms with E-state index in [0.717, 1.165) is 12.1 Å². The van der Waals surface area contributed by atoms with E-state index >= 15 is 0 Å². The van der Waals surface area contributed by atoms with Crippen LogP contribution in [-0.4, -0.2) is 51.2 Å². The Morgan fingerprint density at radius 3 is 2.09 bits per heavy atom. The Kier molecular flexibility index (Phi) is 11.8. The molecule has 6 atom stereocenters. The van der Waals surface area contributed by atoms with E-state index in [1.807, 2.05) is 0 Å².